The Morgan fingerprint density at radius 3 is 2.27 bits per heavy atom. The van der Waals surface area contributed by atoms with Crippen molar-refractivity contribution in [1.82, 2.24) is 0 Å². The smallest absolute Gasteiger partial charge is 0.146 e. The molecule has 0 bridgehead atoms. The molecule has 0 amide bonds. The lowest BCUT2D eigenvalue weighted by molar-refractivity contribution is -0.167. The van der Waals surface area contributed by atoms with Gasteiger partial charge in [-0.15, -0.1) is 0 Å². The molecule has 0 saturated carbocycles. The van der Waals surface area contributed by atoms with Crippen LogP contribution in [0.2, 0.25) is 0 Å². The first-order chi connectivity index (χ1) is 5.33. The van der Waals surface area contributed by atoms with Crippen molar-refractivity contribution < 1.29 is 9.47 Å². The standard InChI is InChI=1S/C9H18O2/c1-3-5-9(4-2)6-10-8-11-7-9/h3-8H2,1-2H3. The van der Waals surface area contributed by atoms with Crippen LogP contribution in [-0.2, 0) is 9.47 Å². The second-order valence-corrected chi connectivity index (χ2v) is 3.42. The zero-order valence-electron chi connectivity index (χ0n) is 7.56. The van der Waals surface area contributed by atoms with E-state index < -0.39 is 0 Å². The van der Waals surface area contributed by atoms with Crippen LogP contribution >= 0.6 is 0 Å². The molecular weight excluding hydrogens is 140 g/mol. The molecule has 0 aliphatic carbocycles. The van der Waals surface area contributed by atoms with Crippen molar-refractivity contribution in [3.8, 4) is 0 Å². The average Bonchev–Trinajstić information content (AvgIpc) is 2.07. The molecule has 2 heteroatoms. The van der Waals surface area contributed by atoms with E-state index in [4.69, 9.17) is 9.47 Å². The first kappa shape index (κ1) is 9.01. The summed E-state index contributed by atoms with van der Waals surface area (Å²) in [4.78, 5) is 0. The minimum absolute atomic E-state index is 0.326. The van der Waals surface area contributed by atoms with Crippen molar-refractivity contribution >= 4 is 0 Å². The average molecular weight is 158 g/mol. The molecule has 11 heavy (non-hydrogen) atoms. The van der Waals surface area contributed by atoms with Gasteiger partial charge >= 0.3 is 0 Å². The predicted octanol–water partition coefficient (Wildman–Crippen LogP) is 2.19. The van der Waals surface area contributed by atoms with Gasteiger partial charge in [-0.25, -0.2) is 0 Å². The lowest BCUT2D eigenvalue weighted by Crippen LogP contribution is -2.36. The second kappa shape index (κ2) is 4.07. The van der Waals surface area contributed by atoms with E-state index in [0.29, 0.717) is 12.2 Å². The van der Waals surface area contributed by atoms with Crippen molar-refractivity contribution in [2.75, 3.05) is 20.0 Å². The molecule has 1 heterocycles. The van der Waals surface area contributed by atoms with Crippen molar-refractivity contribution in [2.45, 2.75) is 33.1 Å². The molecule has 0 N–H and O–H groups in total. The van der Waals surface area contributed by atoms with Gasteiger partial charge < -0.3 is 9.47 Å². The van der Waals surface area contributed by atoms with E-state index in [0.717, 1.165) is 13.2 Å². The highest BCUT2D eigenvalue weighted by Crippen LogP contribution is 2.31. The van der Waals surface area contributed by atoms with Crippen molar-refractivity contribution in [3.63, 3.8) is 0 Å². The van der Waals surface area contributed by atoms with Gasteiger partial charge in [0.15, 0.2) is 0 Å². The zero-order chi connectivity index (χ0) is 8.16. The van der Waals surface area contributed by atoms with Gasteiger partial charge in [0.25, 0.3) is 0 Å². The molecule has 0 unspecified atom stereocenters. The highest BCUT2D eigenvalue weighted by molar-refractivity contribution is 4.78. The van der Waals surface area contributed by atoms with E-state index in [1.54, 1.807) is 0 Å². The molecule has 0 aromatic rings. The van der Waals surface area contributed by atoms with Crippen molar-refractivity contribution in [2.24, 2.45) is 5.41 Å². The Labute approximate surface area is 68.9 Å². The minimum Gasteiger partial charge on any atom is -0.355 e. The number of ether oxygens (including phenoxy) is 2. The van der Waals surface area contributed by atoms with Crippen molar-refractivity contribution in [3.05, 3.63) is 0 Å². The van der Waals surface area contributed by atoms with E-state index in [9.17, 15) is 0 Å². The first-order valence-electron chi connectivity index (χ1n) is 4.48. The summed E-state index contributed by atoms with van der Waals surface area (Å²) in [5.74, 6) is 0. The Morgan fingerprint density at radius 1 is 1.18 bits per heavy atom. The lowest BCUT2D eigenvalue weighted by atomic mass is 9.82. The molecule has 0 atom stereocenters. The van der Waals surface area contributed by atoms with Crippen LogP contribution in [0.1, 0.15) is 33.1 Å². The van der Waals surface area contributed by atoms with E-state index in [-0.39, 0.29) is 0 Å². The van der Waals surface area contributed by atoms with Gasteiger partial charge in [0.05, 0.1) is 13.2 Å². The Balaban J connectivity index is 2.42. The first-order valence-corrected chi connectivity index (χ1v) is 4.48. The summed E-state index contributed by atoms with van der Waals surface area (Å²) in [7, 11) is 0. The van der Waals surface area contributed by atoms with Crippen LogP contribution in [0.25, 0.3) is 0 Å². The highest BCUT2D eigenvalue weighted by Gasteiger charge is 2.30. The van der Waals surface area contributed by atoms with Gasteiger partial charge in [-0.05, 0) is 12.8 Å². The summed E-state index contributed by atoms with van der Waals surface area (Å²) < 4.78 is 10.6. The largest absolute Gasteiger partial charge is 0.355 e. The molecule has 1 fully saturated rings. The molecule has 0 spiro atoms. The van der Waals surface area contributed by atoms with Gasteiger partial charge in [-0.3, -0.25) is 0 Å². The molecule has 1 aliphatic rings. The monoisotopic (exact) mass is 158 g/mol. The van der Waals surface area contributed by atoms with Crippen LogP contribution in [-0.4, -0.2) is 20.0 Å². The second-order valence-electron chi connectivity index (χ2n) is 3.42. The minimum atomic E-state index is 0.326. The van der Waals surface area contributed by atoms with Gasteiger partial charge in [0, 0.05) is 5.41 Å². The number of hydrogen-bond donors (Lipinski definition) is 0. The van der Waals surface area contributed by atoms with Crippen LogP contribution in [0.3, 0.4) is 0 Å². The van der Waals surface area contributed by atoms with Crippen LogP contribution in [0.5, 0.6) is 0 Å². The fourth-order valence-electron chi connectivity index (χ4n) is 1.67. The third-order valence-electron chi connectivity index (χ3n) is 2.51. The van der Waals surface area contributed by atoms with Crippen LogP contribution < -0.4 is 0 Å². The van der Waals surface area contributed by atoms with E-state index in [1.807, 2.05) is 0 Å². The topological polar surface area (TPSA) is 18.5 Å². The summed E-state index contributed by atoms with van der Waals surface area (Å²) >= 11 is 0. The Morgan fingerprint density at radius 2 is 1.82 bits per heavy atom. The summed E-state index contributed by atoms with van der Waals surface area (Å²) in [5, 5.41) is 0. The molecule has 2 nitrogen and oxygen atoms in total. The third kappa shape index (κ3) is 2.17. The van der Waals surface area contributed by atoms with E-state index in [2.05, 4.69) is 13.8 Å². The van der Waals surface area contributed by atoms with Gasteiger partial charge in [-0.1, -0.05) is 20.3 Å². The Hall–Kier alpha value is -0.0800. The lowest BCUT2D eigenvalue weighted by Gasteiger charge is -2.35. The normalized spacial score (nSPS) is 23.5. The van der Waals surface area contributed by atoms with E-state index in [1.165, 1.54) is 19.3 Å². The maximum Gasteiger partial charge on any atom is 0.146 e. The maximum atomic E-state index is 5.31. The number of rotatable bonds is 3. The quantitative estimate of drug-likeness (QED) is 0.626. The Bertz CT molecular complexity index is 101. The summed E-state index contributed by atoms with van der Waals surface area (Å²) in [5.41, 5.74) is 0.326. The van der Waals surface area contributed by atoms with Crippen molar-refractivity contribution in [1.29, 1.82) is 0 Å². The Kier molecular flexibility index (Phi) is 3.34. The molecule has 0 aromatic carbocycles. The summed E-state index contributed by atoms with van der Waals surface area (Å²) in [6.45, 7) is 6.69. The number of hydrogen-bond acceptors (Lipinski definition) is 2. The molecule has 1 aliphatic heterocycles. The van der Waals surface area contributed by atoms with Crippen LogP contribution in [0, 0.1) is 5.41 Å². The summed E-state index contributed by atoms with van der Waals surface area (Å²) in [6, 6.07) is 0. The molecule has 1 rings (SSSR count). The zero-order valence-corrected chi connectivity index (χ0v) is 7.56. The van der Waals surface area contributed by atoms with Crippen LogP contribution in [0.4, 0.5) is 0 Å². The van der Waals surface area contributed by atoms with Gasteiger partial charge in [0.1, 0.15) is 6.79 Å². The fraction of sp³-hybridized carbons (Fsp3) is 1.00. The molecular formula is C9H18O2. The maximum absolute atomic E-state index is 5.31. The predicted molar refractivity (Wildman–Crippen MR) is 44.4 cm³/mol. The highest BCUT2D eigenvalue weighted by atomic mass is 16.7. The van der Waals surface area contributed by atoms with Gasteiger partial charge in [-0.2, -0.15) is 0 Å². The van der Waals surface area contributed by atoms with Crippen LogP contribution in [0.15, 0.2) is 0 Å². The SMILES string of the molecule is CCCC1(CC)COCOC1. The summed E-state index contributed by atoms with van der Waals surface area (Å²) in [6.07, 6.45) is 3.62. The fourth-order valence-corrected chi connectivity index (χ4v) is 1.67. The van der Waals surface area contributed by atoms with E-state index >= 15 is 0 Å². The molecule has 0 aromatic heterocycles. The third-order valence-corrected chi connectivity index (χ3v) is 2.51. The molecule has 1 saturated heterocycles. The molecule has 66 valence electrons. The molecule has 0 radical (unpaired) electrons. The van der Waals surface area contributed by atoms with Gasteiger partial charge in [0.2, 0.25) is 0 Å².